The van der Waals surface area contributed by atoms with Crippen LogP contribution in [0.3, 0.4) is 0 Å². The number of hydrogen-bond acceptors (Lipinski definition) is 3. The number of carbonyl (C=O) groups excluding carboxylic acids is 2. The summed E-state index contributed by atoms with van der Waals surface area (Å²) in [5.41, 5.74) is 6.54. The van der Waals surface area contributed by atoms with Crippen molar-refractivity contribution in [3.63, 3.8) is 0 Å². The van der Waals surface area contributed by atoms with Crippen LogP contribution in [0, 0.1) is 0 Å². The third-order valence-electron chi connectivity index (χ3n) is 5.92. The molecule has 2 fully saturated rings. The van der Waals surface area contributed by atoms with Crippen LogP contribution >= 0.6 is 0 Å². The van der Waals surface area contributed by atoms with E-state index in [9.17, 15) is 9.59 Å². The Morgan fingerprint density at radius 1 is 0.933 bits per heavy atom. The Morgan fingerprint density at radius 2 is 1.77 bits per heavy atom. The predicted molar refractivity (Wildman–Crippen MR) is 113 cm³/mol. The Morgan fingerprint density at radius 3 is 2.57 bits per heavy atom. The topological polar surface area (TPSA) is 93.9 Å². The lowest BCUT2D eigenvalue weighted by molar-refractivity contribution is -0.119. The van der Waals surface area contributed by atoms with E-state index in [0.717, 1.165) is 27.7 Å². The summed E-state index contributed by atoms with van der Waals surface area (Å²) in [6.45, 7) is 0. The normalized spacial score (nSPS) is 18.9. The summed E-state index contributed by atoms with van der Waals surface area (Å²) in [7, 11) is 0. The lowest BCUT2D eigenvalue weighted by atomic mass is 10.0. The van der Waals surface area contributed by atoms with Crippen molar-refractivity contribution < 1.29 is 9.59 Å². The van der Waals surface area contributed by atoms with Crippen LogP contribution in [0.4, 0.5) is 10.5 Å². The van der Waals surface area contributed by atoms with E-state index in [1.54, 1.807) is 6.33 Å². The highest BCUT2D eigenvalue weighted by Gasteiger charge is 2.40. The van der Waals surface area contributed by atoms with E-state index in [1.807, 2.05) is 48.7 Å². The summed E-state index contributed by atoms with van der Waals surface area (Å²) < 4.78 is 0. The number of amides is 3. The molecule has 30 heavy (non-hydrogen) atoms. The number of benzene rings is 2. The number of fused-ring (bicyclic) bond motifs is 1. The second-order valence-electron chi connectivity index (χ2n) is 7.91. The van der Waals surface area contributed by atoms with Crippen LogP contribution in [0.25, 0.3) is 22.2 Å². The standard InChI is InChI=1S/C23H19N5O2/c29-22-21(28(23(30)27-22)17-7-8-18-20(10-17)26-12-25-18)15-5-1-13(2-6-15)16-9-19(24-11-16)14-3-4-14/h1-2,5-12,14,21,24H,3-4H2,(H,25,26)(H,27,29,30). The quantitative estimate of drug-likeness (QED) is 0.450. The van der Waals surface area contributed by atoms with Crippen molar-refractivity contribution in [2.45, 2.75) is 24.8 Å². The number of anilines is 1. The van der Waals surface area contributed by atoms with Crippen molar-refractivity contribution in [3.05, 3.63) is 72.3 Å². The third-order valence-corrected chi connectivity index (χ3v) is 5.92. The van der Waals surface area contributed by atoms with Gasteiger partial charge in [0.1, 0.15) is 6.04 Å². The molecule has 2 aliphatic rings. The number of aromatic amines is 2. The van der Waals surface area contributed by atoms with Crippen molar-refractivity contribution in [3.8, 4) is 11.1 Å². The van der Waals surface area contributed by atoms with Gasteiger partial charge in [-0.3, -0.25) is 15.0 Å². The molecule has 2 aromatic heterocycles. The molecule has 3 amide bonds. The number of rotatable bonds is 4. The molecule has 1 aliphatic heterocycles. The Bertz CT molecular complexity index is 1280. The average molecular weight is 397 g/mol. The number of urea groups is 1. The van der Waals surface area contributed by atoms with Crippen molar-refractivity contribution >= 4 is 28.7 Å². The lowest BCUT2D eigenvalue weighted by Crippen LogP contribution is -2.29. The van der Waals surface area contributed by atoms with E-state index >= 15 is 0 Å². The first-order chi connectivity index (χ1) is 14.7. The van der Waals surface area contributed by atoms with Crippen LogP contribution in [0.5, 0.6) is 0 Å². The molecule has 3 N–H and O–H groups in total. The molecule has 7 nitrogen and oxygen atoms in total. The van der Waals surface area contributed by atoms with E-state index in [1.165, 1.54) is 23.4 Å². The van der Waals surface area contributed by atoms with Crippen LogP contribution < -0.4 is 10.2 Å². The molecule has 0 radical (unpaired) electrons. The van der Waals surface area contributed by atoms with Gasteiger partial charge in [-0.1, -0.05) is 24.3 Å². The van der Waals surface area contributed by atoms with Crippen LogP contribution in [0.2, 0.25) is 0 Å². The van der Waals surface area contributed by atoms with Gasteiger partial charge in [0.05, 0.1) is 17.4 Å². The molecule has 0 bridgehead atoms. The number of nitrogens with one attached hydrogen (secondary N) is 3. The Kier molecular flexibility index (Phi) is 3.59. The highest BCUT2D eigenvalue weighted by molar-refractivity contribution is 6.15. The van der Waals surface area contributed by atoms with Crippen molar-refractivity contribution in [1.82, 2.24) is 20.3 Å². The summed E-state index contributed by atoms with van der Waals surface area (Å²) in [4.78, 5) is 37.3. The molecule has 3 heterocycles. The van der Waals surface area contributed by atoms with Gasteiger partial charge in [-0.2, -0.15) is 0 Å². The molecule has 1 saturated heterocycles. The number of aromatic nitrogens is 3. The molecule has 148 valence electrons. The Hall–Kier alpha value is -3.87. The summed E-state index contributed by atoms with van der Waals surface area (Å²) in [6.07, 6.45) is 6.14. The highest BCUT2D eigenvalue weighted by atomic mass is 16.2. The number of nitrogens with zero attached hydrogens (tertiary/aromatic N) is 2. The van der Waals surface area contributed by atoms with E-state index in [0.29, 0.717) is 11.6 Å². The fourth-order valence-electron chi connectivity index (χ4n) is 4.18. The van der Waals surface area contributed by atoms with Gasteiger partial charge in [-0.15, -0.1) is 0 Å². The van der Waals surface area contributed by atoms with Gasteiger partial charge in [0.2, 0.25) is 0 Å². The molecular weight excluding hydrogens is 378 g/mol. The molecule has 1 unspecified atom stereocenters. The van der Waals surface area contributed by atoms with Gasteiger partial charge in [0.25, 0.3) is 5.91 Å². The zero-order valence-corrected chi connectivity index (χ0v) is 16.1. The maximum absolute atomic E-state index is 12.6. The van der Waals surface area contributed by atoms with E-state index < -0.39 is 12.1 Å². The molecule has 7 heteroatoms. The summed E-state index contributed by atoms with van der Waals surface area (Å²) >= 11 is 0. The molecule has 1 atom stereocenters. The van der Waals surface area contributed by atoms with Gasteiger partial charge >= 0.3 is 6.03 Å². The smallest absolute Gasteiger partial charge is 0.329 e. The predicted octanol–water partition coefficient (Wildman–Crippen LogP) is 4.23. The van der Waals surface area contributed by atoms with E-state index in [-0.39, 0.29) is 5.91 Å². The number of carbonyl (C=O) groups is 2. The summed E-state index contributed by atoms with van der Waals surface area (Å²) in [6, 6.07) is 14.4. The minimum absolute atomic E-state index is 0.324. The zero-order valence-electron chi connectivity index (χ0n) is 16.1. The number of hydrogen-bond donors (Lipinski definition) is 3. The molecule has 1 saturated carbocycles. The van der Waals surface area contributed by atoms with Gasteiger partial charge in [0.15, 0.2) is 0 Å². The van der Waals surface area contributed by atoms with Gasteiger partial charge < -0.3 is 9.97 Å². The number of imidazole rings is 1. The molecular formula is C23H19N5O2. The van der Waals surface area contributed by atoms with Crippen LogP contribution in [-0.4, -0.2) is 26.9 Å². The first-order valence-electron chi connectivity index (χ1n) is 10.0. The Labute approximate surface area is 172 Å². The second-order valence-corrected chi connectivity index (χ2v) is 7.91. The number of H-pyrrole nitrogens is 2. The zero-order chi connectivity index (χ0) is 20.2. The summed E-state index contributed by atoms with van der Waals surface area (Å²) in [5.74, 6) is 0.349. The molecule has 6 rings (SSSR count). The first-order valence-corrected chi connectivity index (χ1v) is 10.0. The van der Waals surface area contributed by atoms with E-state index in [2.05, 4.69) is 26.3 Å². The summed E-state index contributed by atoms with van der Waals surface area (Å²) in [5, 5.41) is 2.44. The Balaban J connectivity index is 1.34. The van der Waals surface area contributed by atoms with Crippen molar-refractivity contribution in [1.29, 1.82) is 0 Å². The molecule has 1 aliphatic carbocycles. The minimum Gasteiger partial charge on any atom is -0.364 e. The lowest BCUT2D eigenvalue weighted by Gasteiger charge is -2.22. The second kappa shape index (κ2) is 6.32. The van der Waals surface area contributed by atoms with Crippen LogP contribution in [0.1, 0.15) is 36.1 Å². The largest absolute Gasteiger partial charge is 0.364 e. The van der Waals surface area contributed by atoms with Crippen LogP contribution in [0.15, 0.2) is 61.1 Å². The fourth-order valence-corrected chi connectivity index (χ4v) is 4.18. The first kappa shape index (κ1) is 17.0. The monoisotopic (exact) mass is 397 g/mol. The molecule has 0 spiro atoms. The highest BCUT2D eigenvalue weighted by Crippen LogP contribution is 2.41. The minimum atomic E-state index is -0.708. The maximum atomic E-state index is 12.6. The molecule has 2 aromatic carbocycles. The van der Waals surface area contributed by atoms with Crippen molar-refractivity contribution in [2.75, 3.05) is 4.90 Å². The fraction of sp³-hybridized carbons (Fsp3) is 0.174. The van der Waals surface area contributed by atoms with E-state index in [4.69, 9.17) is 0 Å². The van der Waals surface area contributed by atoms with Crippen molar-refractivity contribution in [2.24, 2.45) is 0 Å². The maximum Gasteiger partial charge on any atom is 0.329 e. The van der Waals surface area contributed by atoms with Gasteiger partial charge in [-0.05, 0) is 59.7 Å². The van der Waals surface area contributed by atoms with Crippen LogP contribution in [-0.2, 0) is 4.79 Å². The average Bonchev–Trinajstić information content (AvgIpc) is 3.18. The van der Waals surface area contributed by atoms with Gasteiger partial charge in [0, 0.05) is 17.6 Å². The third kappa shape index (κ3) is 2.70. The SMILES string of the molecule is O=C1NC(=O)N(c2ccc3nc[nH]c3c2)C1c1ccc(-c2c[nH]c(C3CC3)c2)cc1. The number of imide groups is 1. The molecule has 4 aromatic rings. The van der Waals surface area contributed by atoms with Gasteiger partial charge in [-0.25, -0.2) is 9.78 Å².